The van der Waals surface area contributed by atoms with Gasteiger partial charge in [-0.15, -0.1) is 0 Å². The van der Waals surface area contributed by atoms with Crippen molar-refractivity contribution in [2.24, 2.45) is 4.99 Å². The Morgan fingerprint density at radius 1 is 1.17 bits per heavy atom. The molecule has 0 aliphatic carbocycles. The number of carbonyl (C=O) groups excluding carboxylic acids is 1. The molecule has 210 valence electrons. The highest BCUT2D eigenvalue weighted by atomic mass is 79.9. The van der Waals surface area contributed by atoms with Gasteiger partial charge in [-0.1, -0.05) is 54.3 Å². The number of methoxy groups -OCH3 is 1. The molecule has 5 rings (SSSR count). The van der Waals surface area contributed by atoms with E-state index in [0.717, 1.165) is 25.3 Å². The van der Waals surface area contributed by atoms with Gasteiger partial charge >= 0.3 is 5.97 Å². The summed E-state index contributed by atoms with van der Waals surface area (Å²) in [4.78, 5) is 32.7. The number of esters is 1. The summed E-state index contributed by atoms with van der Waals surface area (Å²) in [5.41, 5.74) is 1.99. The minimum Gasteiger partial charge on any atom is -0.496 e. The molecule has 1 unspecified atom stereocenters. The number of hydrogen-bond donors (Lipinski definition) is 0. The smallest absolute Gasteiger partial charge is 0.338 e. The largest absolute Gasteiger partial charge is 0.496 e. The lowest BCUT2D eigenvalue weighted by molar-refractivity contribution is -0.139. The predicted molar refractivity (Wildman–Crippen MR) is 168 cm³/mol. The van der Waals surface area contributed by atoms with Crippen molar-refractivity contribution in [3.8, 4) is 11.5 Å². The number of halogens is 2. The minimum absolute atomic E-state index is 0.190. The highest BCUT2D eigenvalue weighted by Crippen LogP contribution is 2.40. The number of thiazole rings is 1. The normalized spacial score (nSPS) is 15.0. The number of benzene rings is 3. The monoisotopic (exact) mass is 696 g/mol. The maximum atomic E-state index is 14.2. The fourth-order valence-electron chi connectivity index (χ4n) is 4.89. The van der Waals surface area contributed by atoms with Crippen molar-refractivity contribution < 1.29 is 19.0 Å². The van der Waals surface area contributed by atoms with Gasteiger partial charge in [-0.25, -0.2) is 9.79 Å². The van der Waals surface area contributed by atoms with E-state index in [-0.39, 0.29) is 12.2 Å². The number of fused-ring (bicyclic) bond motifs is 2. The Kier molecular flexibility index (Phi) is 8.63. The van der Waals surface area contributed by atoms with Crippen LogP contribution in [-0.4, -0.2) is 30.9 Å². The van der Waals surface area contributed by atoms with E-state index in [9.17, 15) is 9.59 Å². The maximum Gasteiger partial charge on any atom is 0.338 e. The predicted octanol–water partition coefficient (Wildman–Crippen LogP) is 6.05. The van der Waals surface area contributed by atoms with E-state index in [1.165, 1.54) is 11.3 Å². The molecule has 3 aromatic carbocycles. The Hall–Kier alpha value is -3.47. The Morgan fingerprint density at radius 2 is 1.90 bits per heavy atom. The van der Waals surface area contributed by atoms with Gasteiger partial charge in [-0.3, -0.25) is 9.36 Å². The first-order valence-corrected chi connectivity index (χ1v) is 15.2. The molecule has 0 radical (unpaired) electrons. The van der Waals surface area contributed by atoms with Crippen LogP contribution in [0, 0.1) is 0 Å². The summed E-state index contributed by atoms with van der Waals surface area (Å²) >= 11 is 8.39. The first-order valence-electron chi connectivity index (χ1n) is 12.8. The third-order valence-corrected chi connectivity index (χ3v) is 8.77. The van der Waals surface area contributed by atoms with Crippen molar-refractivity contribution in [3.63, 3.8) is 0 Å². The van der Waals surface area contributed by atoms with Gasteiger partial charge in [-0.2, -0.15) is 0 Å². The highest BCUT2D eigenvalue weighted by molar-refractivity contribution is 9.11. The zero-order valence-electron chi connectivity index (χ0n) is 22.6. The molecule has 0 amide bonds. The SMILES string of the molecule is C=CCOc1c(Br)cc(/C=c2\sc3n(c2=O)C(c2c(OC)ccc4ccccc24)C(C(=O)OCC)=C(C)N=3)cc1Br. The van der Waals surface area contributed by atoms with E-state index >= 15 is 0 Å². The maximum absolute atomic E-state index is 14.2. The number of aromatic nitrogens is 1. The summed E-state index contributed by atoms with van der Waals surface area (Å²) in [6.45, 7) is 7.76. The number of carbonyl (C=O) groups is 1. The van der Waals surface area contributed by atoms with E-state index in [0.29, 0.717) is 44.3 Å². The van der Waals surface area contributed by atoms with Crippen LogP contribution in [0.3, 0.4) is 0 Å². The zero-order chi connectivity index (χ0) is 29.3. The second-order valence-electron chi connectivity index (χ2n) is 9.12. The average Bonchev–Trinajstić information content (AvgIpc) is 3.25. The molecule has 1 atom stereocenters. The number of allylic oxidation sites excluding steroid dienone is 1. The third kappa shape index (κ3) is 5.43. The van der Waals surface area contributed by atoms with Gasteiger partial charge in [-0.05, 0) is 86.3 Å². The third-order valence-electron chi connectivity index (χ3n) is 6.60. The quantitative estimate of drug-likeness (QED) is 0.166. The van der Waals surface area contributed by atoms with Crippen LogP contribution in [0.5, 0.6) is 11.5 Å². The van der Waals surface area contributed by atoms with E-state index in [2.05, 4.69) is 38.4 Å². The molecule has 0 bridgehead atoms. The Morgan fingerprint density at radius 3 is 2.59 bits per heavy atom. The number of rotatable bonds is 8. The first kappa shape index (κ1) is 29.0. The fourth-order valence-corrected chi connectivity index (χ4v) is 7.39. The van der Waals surface area contributed by atoms with E-state index < -0.39 is 12.0 Å². The molecule has 0 N–H and O–H groups in total. The van der Waals surface area contributed by atoms with Gasteiger partial charge in [0.25, 0.3) is 5.56 Å². The molecular weight excluding hydrogens is 672 g/mol. The highest BCUT2D eigenvalue weighted by Gasteiger charge is 2.36. The van der Waals surface area contributed by atoms with Crippen molar-refractivity contribution in [3.05, 3.63) is 112 Å². The zero-order valence-corrected chi connectivity index (χ0v) is 26.6. The number of hydrogen-bond acceptors (Lipinski definition) is 7. The minimum atomic E-state index is -0.804. The van der Waals surface area contributed by atoms with Crippen LogP contribution in [0.2, 0.25) is 0 Å². The van der Waals surface area contributed by atoms with Gasteiger partial charge in [0, 0.05) is 5.56 Å². The summed E-state index contributed by atoms with van der Waals surface area (Å²) in [6, 6.07) is 14.6. The molecule has 10 heteroatoms. The topological polar surface area (TPSA) is 79.1 Å². The summed E-state index contributed by atoms with van der Waals surface area (Å²) < 4.78 is 20.5. The van der Waals surface area contributed by atoms with Crippen molar-refractivity contribution in [2.75, 3.05) is 20.3 Å². The Balaban J connectivity index is 1.77. The van der Waals surface area contributed by atoms with E-state index in [1.807, 2.05) is 48.5 Å². The van der Waals surface area contributed by atoms with Crippen molar-refractivity contribution in [2.45, 2.75) is 19.9 Å². The van der Waals surface area contributed by atoms with Crippen LogP contribution >= 0.6 is 43.2 Å². The molecule has 0 saturated carbocycles. The van der Waals surface area contributed by atoms with Gasteiger partial charge in [0.2, 0.25) is 0 Å². The molecule has 4 aromatic rings. The lowest BCUT2D eigenvalue weighted by atomic mass is 9.90. The first-order chi connectivity index (χ1) is 19.8. The Bertz CT molecular complexity index is 1880. The molecule has 1 aliphatic rings. The Labute approximate surface area is 257 Å². The molecule has 1 aromatic heterocycles. The lowest BCUT2D eigenvalue weighted by Gasteiger charge is -2.27. The molecule has 41 heavy (non-hydrogen) atoms. The van der Waals surface area contributed by atoms with E-state index in [4.69, 9.17) is 19.2 Å². The van der Waals surface area contributed by atoms with Crippen LogP contribution in [0.1, 0.15) is 31.0 Å². The average molecular weight is 698 g/mol. The number of ether oxygens (including phenoxy) is 3. The van der Waals surface area contributed by atoms with Crippen molar-refractivity contribution in [1.29, 1.82) is 0 Å². The number of nitrogens with zero attached hydrogens (tertiary/aromatic N) is 2. The van der Waals surface area contributed by atoms with Crippen molar-refractivity contribution in [1.82, 2.24) is 4.57 Å². The standard InChI is InChI=1S/C31H26Br2N2O5S/c1-5-13-40-28-21(32)14-18(15-22(28)33)16-24-29(36)35-27(25(30(37)39-6-2)17(3)34-31(35)41-24)26-20-10-8-7-9-19(20)11-12-23(26)38-4/h5,7-12,14-16,27H,1,6,13H2,2-4H3/b24-16-. The summed E-state index contributed by atoms with van der Waals surface area (Å²) in [6.07, 6.45) is 3.47. The second-order valence-corrected chi connectivity index (χ2v) is 11.8. The van der Waals surface area contributed by atoms with Gasteiger partial charge < -0.3 is 14.2 Å². The van der Waals surface area contributed by atoms with Crippen molar-refractivity contribution >= 4 is 66.0 Å². The lowest BCUT2D eigenvalue weighted by Crippen LogP contribution is -2.40. The summed E-state index contributed by atoms with van der Waals surface area (Å²) in [5.74, 6) is 0.676. The summed E-state index contributed by atoms with van der Waals surface area (Å²) in [5, 5.41) is 1.82. The van der Waals surface area contributed by atoms with Crippen LogP contribution in [0.4, 0.5) is 0 Å². The molecular formula is C31H26Br2N2O5S. The van der Waals surface area contributed by atoms with Gasteiger partial charge in [0.05, 0.1) is 38.5 Å². The van der Waals surface area contributed by atoms with Crippen LogP contribution in [0.15, 0.2) is 91.2 Å². The fraction of sp³-hybridized carbons (Fsp3) is 0.194. The molecule has 1 aliphatic heterocycles. The molecule has 7 nitrogen and oxygen atoms in total. The van der Waals surface area contributed by atoms with Crippen LogP contribution in [0.25, 0.3) is 16.8 Å². The van der Waals surface area contributed by atoms with E-state index in [1.54, 1.807) is 37.7 Å². The molecule has 0 spiro atoms. The molecule has 2 heterocycles. The summed E-state index contributed by atoms with van der Waals surface area (Å²) in [7, 11) is 1.58. The van der Waals surface area contributed by atoms with Crippen LogP contribution in [-0.2, 0) is 9.53 Å². The molecule has 0 fully saturated rings. The molecule has 0 saturated heterocycles. The second kappa shape index (κ2) is 12.2. The van der Waals surface area contributed by atoms with Crippen LogP contribution < -0.4 is 24.4 Å². The van der Waals surface area contributed by atoms with Gasteiger partial charge in [0.15, 0.2) is 4.80 Å². The van der Waals surface area contributed by atoms with Gasteiger partial charge in [0.1, 0.15) is 24.1 Å².